The van der Waals surface area contributed by atoms with Crippen LogP contribution in [0, 0.1) is 0 Å². The zero-order valence-corrected chi connectivity index (χ0v) is 37.7. The van der Waals surface area contributed by atoms with E-state index >= 15 is 0 Å². The lowest BCUT2D eigenvalue weighted by atomic mass is 9.55. The molecular formula is C44HB27. The molecule has 0 atom stereocenters. The third kappa shape index (κ3) is 6.77. The van der Waals surface area contributed by atoms with Crippen LogP contribution in [0.15, 0.2) is 6.07 Å². The minimum absolute atomic E-state index is 0.00318. The van der Waals surface area contributed by atoms with Crippen LogP contribution in [0.1, 0.15) is 0 Å². The third-order valence-corrected chi connectivity index (χ3v) is 13.9. The Morgan fingerprint density at radius 2 is 0.352 bits per heavy atom. The Morgan fingerprint density at radius 1 is 0.141 bits per heavy atom. The van der Waals surface area contributed by atoms with Crippen molar-refractivity contribution in [3.63, 3.8) is 0 Å². The molecule has 71 heavy (non-hydrogen) atoms. The van der Waals surface area contributed by atoms with Gasteiger partial charge in [0, 0.05) is 0 Å². The summed E-state index contributed by atoms with van der Waals surface area (Å²) in [5.41, 5.74) is -4.24. The van der Waals surface area contributed by atoms with Gasteiger partial charge in [-0.1, -0.05) is 93.5 Å². The minimum Gasteiger partial charge on any atom is -0.110 e. The van der Waals surface area contributed by atoms with Crippen molar-refractivity contribution in [2.24, 2.45) is 0 Å². The molecular weight excluding hydrogens is 820 g/mol. The zero-order valence-electron chi connectivity index (χ0n) is 37.7. The Kier molecular flexibility index (Phi) is 12.9. The first-order valence-electron chi connectivity index (χ1n) is 20.9. The van der Waals surface area contributed by atoms with Gasteiger partial charge in [0.15, 0.2) is 0 Å². The molecule has 0 fully saturated rings. The van der Waals surface area contributed by atoms with E-state index in [2.05, 4.69) is 0 Å². The van der Waals surface area contributed by atoms with Gasteiger partial charge in [-0.25, -0.2) is 0 Å². The average Bonchev–Trinajstić information content (AvgIpc) is 3.33. The lowest BCUT2D eigenvalue weighted by Gasteiger charge is -2.34. The first-order chi connectivity index (χ1) is 33.1. The average molecular weight is 821 g/mol. The molecule has 0 aromatic heterocycles. The summed E-state index contributed by atoms with van der Waals surface area (Å²) in [6.07, 6.45) is 0. The standard InChI is InChI=1S/C44HB27/c45-3-1-2-4(21(48)36(63)23(50)5(2)22(49)19(3)46)16-20(47)8-6(12-14-17(32(59)37(64)25(12)52)34(61)43(70)41(68)29(14)56)10-11(28(55)40(67)39(66)27(10)54)7(9(8)24(51)31(16)58)13-15-18(33(60)38(65)26(13)53)35(62)44(71)42(69)30(15)57/h1H. The van der Waals surface area contributed by atoms with Crippen molar-refractivity contribution in [3.05, 3.63) is 6.07 Å². The van der Waals surface area contributed by atoms with Gasteiger partial charge in [0.05, 0.1) is 0 Å². The molecule has 0 nitrogen and oxygen atoms in total. The molecule has 9 aromatic carbocycles. The molecule has 9 rings (SSSR count). The van der Waals surface area contributed by atoms with Crippen molar-refractivity contribution in [2.75, 3.05) is 0 Å². The summed E-state index contributed by atoms with van der Waals surface area (Å²) < 4.78 is 0. The van der Waals surface area contributed by atoms with Crippen LogP contribution in [0.5, 0.6) is 0 Å². The molecule has 0 spiro atoms. The van der Waals surface area contributed by atoms with E-state index in [1.807, 2.05) is 0 Å². The highest BCUT2D eigenvalue weighted by molar-refractivity contribution is 6.77. The molecule has 54 radical (unpaired) electrons. The van der Waals surface area contributed by atoms with Crippen LogP contribution >= 0.6 is 0 Å². The quantitative estimate of drug-likeness (QED) is 0.123. The molecule has 0 bridgehead atoms. The maximum Gasteiger partial charge on any atom is 0.115 e. The van der Waals surface area contributed by atoms with Crippen molar-refractivity contribution >= 4 is 413 Å². The van der Waals surface area contributed by atoms with Crippen molar-refractivity contribution in [2.45, 2.75) is 0 Å². The summed E-state index contributed by atoms with van der Waals surface area (Å²) in [5, 5.41) is 0.250. The predicted octanol–water partition coefficient (Wildman–Crippen LogP) is -20.1. The predicted molar refractivity (Wildman–Crippen MR) is 336 cm³/mol. The number of fused-ring (bicyclic) bond motifs is 5. The van der Waals surface area contributed by atoms with Gasteiger partial charge in [-0.05, 0) is 87.2 Å². The van der Waals surface area contributed by atoms with Crippen molar-refractivity contribution in [1.82, 2.24) is 0 Å². The molecule has 258 valence electrons. The largest absolute Gasteiger partial charge is 0.115 e. The van der Waals surface area contributed by atoms with Gasteiger partial charge in [0.2, 0.25) is 0 Å². The monoisotopic (exact) mass is 826 g/mol. The maximum atomic E-state index is 7.66. The molecule has 9 aromatic rings. The zero-order chi connectivity index (χ0) is 52.5. The highest BCUT2D eigenvalue weighted by atomic mass is 14.3. The van der Waals surface area contributed by atoms with Crippen LogP contribution in [-0.4, -0.2) is 212 Å². The van der Waals surface area contributed by atoms with E-state index in [1.54, 1.807) is 0 Å². The fourth-order valence-electron chi connectivity index (χ4n) is 10.1. The Morgan fingerprint density at radius 3 is 0.690 bits per heavy atom. The van der Waals surface area contributed by atoms with Gasteiger partial charge in [-0.15, -0.1) is 60.1 Å². The molecule has 0 aliphatic carbocycles. The molecule has 0 saturated heterocycles. The molecule has 0 unspecified atom stereocenters. The normalized spacial score (nSPS) is 11.8. The second-order valence-electron chi connectivity index (χ2n) is 17.4. The lowest BCUT2D eigenvalue weighted by molar-refractivity contribution is 1.83. The molecule has 0 aliphatic heterocycles. The molecule has 0 heterocycles. The Bertz CT molecular complexity index is 4040. The number of hydrogen-bond acceptors (Lipinski definition) is 0. The summed E-state index contributed by atoms with van der Waals surface area (Å²) >= 11 is 0. The molecule has 0 amide bonds. The fourth-order valence-corrected chi connectivity index (χ4v) is 10.1. The van der Waals surface area contributed by atoms with Crippen molar-refractivity contribution in [3.8, 4) is 33.4 Å². The SMILES string of the molecule is [B]c1cc2c(-c3c([B])c([B])c4c(-c5c([B])c([B])c([B])c6c([B])c([B])c([B])c([B])c56)c5c([B])c([B])c([B])c([B])c5c(-c5c([B])c([B])c([B])c6c([B])c([B])c([B])c([B])c56)c4c3[B])c([B])c([B])c([B])c2c([B])c1[B]. The van der Waals surface area contributed by atoms with E-state index in [-0.39, 0.29) is 235 Å². The van der Waals surface area contributed by atoms with Crippen molar-refractivity contribution < 1.29 is 0 Å². The van der Waals surface area contributed by atoms with Crippen molar-refractivity contribution in [1.29, 1.82) is 0 Å². The van der Waals surface area contributed by atoms with Crippen LogP contribution in [0.2, 0.25) is 0 Å². The van der Waals surface area contributed by atoms with Crippen LogP contribution in [0.25, 0.3) is 87.2 Å². The van der Waals surface area contributed by atoms with Gasteiger partial charge in [0.1, 0.15) is 212 Å². The molecule has 27 heteroatoms. The first-order valence-corrected chi connectivity index (χ1v) is 20.9. The van der Waals surface area contributed by atoms with E-state index in [9.17, 15) is 0 Å². The first kappa shape index (κ1) is 51.9. The summed E-state index contributed by atoms with van der Waals surface area (Å²) in [4.78, 5) is 0. The smallest absolute Gasteiger partial charge is 0.110 e. The second-order valence-corrected chi connectivity index (χ2v) is 17.4. The van der Waals surface area contributed by atoms with Crippen LogP contribution in [0.4, 0.5) is 0 Å². The lowest BCUT2D eigenvalue weighted by Crippen LogP contribution is -2.53. The number of hydrogen-bond donors (Lipinski definition) is 0. The van der Waals surface area contributed by atoms with Crippen LogP contribution in [0.3, 0.4) is 0 Å². The Labute approximate surface area is 449 Å². The van der Waals surface area contributed by atoms with E-state index in [4.69, 9.17) is 212 Å². The van der Waals surface area contributed by atoms with E-state index in [0.717, 1.165) is 0 Å². The summed E-state index contributed by atoms with van der Waals surface area (Å²) in [5.74, 6) is 0. The Balaban J connectivity index is 1.76. The molecule has 0 aliphatic rings. The topological polar surface area (TPSA) is 0 Å². The summed E-state index contributed by atoms with van der Waals surface area (Å²) in [7, 11) is 184. The number of rotatable bonds is 3. The minimum atomic E-state index is -0.254. The second kappa shape index (κ2) is 17.6. The van der Waals surface area contributed by atoms with Crippen LogP contribution in [-0.2, 0) is 0 Å². The van der Waals surface area contributed by atoms with Gasteiger partial charge >= 0.3 is 0 Å². The van der Waals surface area contributed by atoms with Gasteiger partial charge in [0.25, 0.3) is 0 Å². The highest BCUT2D eigenvalue weighted by Gasteiger charge is 2.32. The van der Waals surface area contributed by atoms with Gasteiger partial charge in [-0.3, -0.25) is 0 Å². The maximum absolute atomic E-state index is 7.66. The van der Waals surface area contributed by atoms with Gasteiger partial charge < -0.3 is 0 Å². The van der Waals surface area contributed by atoms with E-state index in [1.165, 1.54) is 6.07 Å². The Hall–Kier alpha value is -3.97. The molecule has 0 saturated carbocycles. The third-order valence-electron chi connectivity index (χ3n) is 13.9. The fraction of sp³-hybridized carbons (Fsp3) is 0. The number of benzene rings is 9. The van der Waals surface area contributed by atoms with E-state index in [0.29, 0.717) is 0 Å². The van der Waals surface area contributed by atoms with Gasteiger partial charge in [-0.2, -0.15) is 0 Å². The summed E-state index contributed by atoms with van der Waals surface area (Å²) in [6.45, 7) is 0. The van der Waals surface area contributed by atoms with E-state index < -0.39 is 0 Å². The summed E-state index contributed by atoms with van der Waals surface area (Å²) in [6, 6.07) is 1.47. The highest BCUT2D eigenvalue weighted by Crippen LogP contribution is 2.43. The van der Waals surface area contributed by atoms with Crippen LogP contribution < -0.4 is 147 Å². The molecule has 0 N–H and O–H groups in total.